The van der Waals surface area contributed by atoms with E-state index in [2.05, 4.69) is 26.3 Å². The summed E-state index contributed by atoms with van der Waals surface area (Å²) in [6.45, 7) is 0. The van der Waals surface area contributed by atoms with E-state index in [9.17, 15) is 4.79 Å². The Labute approximate surface area is 156 Å². The van der Waals surface area contributed by atoms with Gasteiger partial charge in [-0.1, -0.05) is 6.07 Å². The average Bonchev–Trinajstić information content (AvgIpc) is 3.11. The molecule has 6 heteroatoms. The summed E-state index contributed by atoms with van der Waals surface area (Å²) in [5.41, 5.74) is 3.86. The zero-order valence-corrected chi connectivity index (χ0v) is 15.1. The summed E-state index contributed by atoms with van der Waals surface area (Å²) >= 11 is 0. The lowest BCUT2D eigenvalue weighted by Gasteiger charge is -2.14. The fourth-order valence-electron chi connectivity index (χ4n) is 2.92. The van der Waals surface area contributed by atoms with E-state index in [1.165, 1.54) is 0 Å². The quantitative estimate of drug-likeness (QED) is 0.528. The molecule has 4 aromatic rings. The largest absolute Gasteiger partial charge is 0.378 e. The number of carbonyl (C=O) groups is 1. The number of hydrogen-bond acceptors (Lipinski definition) is 5. The molecule has 0 fully saturated rings. The van der Waals surface area contributed by atoms with Gasteiger partial charge in [0.05, 0.1) is 0 Å². The lowest BCUT2D eigenvalue weighted by molar-refractivity contribution is 0.104. The van der Waals surface area contributed by atoms with Crippen LogP contribution in [-0.4, -0.2) is 34.8 Å². The smallest absolute Gasteiger partial charge is 0.196 e. The van der Waals surface area contributed by atoms with Crippen molar-refractivity contribution >= 4 is 34.0 Å². The zero-order chi connectivity index (χ0) is 18.8. The monoisotopic (exact) mass is 357 g/mol. The Morgan fingerprint density at radius 2 is 2.00 bits per heavy atom. The molecule has 0 saturated heterocycles. The number of pyridine rings is 2. The van der Waals surface area contributed by atoms with Crippen LogP contribution < -0.4 is 10.2 Å². The van der Waals surface area contributed by atoms with Gasteiger partial charge < -0.3 is 15.2 Å². The van der Waals surface area contributed by atoms with Crippen LogP contribution in [0.3, 0.4) is 0 Å². The number of ketones is 1. The molecule has 3 aromatic heterocycles. The van der Waals surface area contributed by atoms with Gasteiger partial charge >= 0.3 is 0 Å². The number of benzene rings is 1. The number of rotatable bonds is 5. The second-order valence-electron chi connectivity index (χ2n) is 6.44. The summed E-state index contributed by atoms with van der Waals surface area (Å²) in [6, 6.07) is 15.4. The summed E-state index contributed by atoms with van der Waals surface area (Å²) in [7, 11) is 4.01. The predicted molar refractivity (Wildman–Crippen MR) is 108 cm³/mol. The van der Waals surface area contributed by atoms with Gasteiger partial charge in [0.15, 0.2) is 5.78 Å². The first-order chi connectivity index (χ1) is 13.1. The number of carbonyl (C=O) groups excluding carboxylic acids is 1. The summed E-state index contributed by atoms with van der Waals surface area (Å²) in [4.78, 5) is 26.4. The van der Waals surface area contributed by atoms with Crippen LogP contribution in [-0.2, 0) is 0 Å². The highest BCUT2D eigenvalue weighted by atomic mass is 16.1. The van der Waals surface area contributed by atoms with Gasteiger partial charge in [0.2, 0.25) is 0 Å². The maximum Gasteiger partial charge on any atom is 0.196 e. The van der Waals surface area contributed by atoms with Gasteiger partial charge in [-0.25, -0.2) is 4.98 Å². The summed E-state index contributed by atoms with van der Waals surface area (Å²) in [6.07, 6.45) is 4.92. The van der Waals surface area contributed by atoms with Crippen molar-refractivity contribution in [1.82, 2.24) is 15.0 Å². The van der Waals surface area contributed by atoms with Crippen LogP contribution in [0.15, 0.2) is 67.1 Å². The van der Waals surface area contributed by atoms with Gasteiger partial charge in [0.25, 0.3) is 0 Å². The van der Waals surface area contributed by atoms with Crippen LogP contribution in [0.5, 0.6) is 0 Å². The molecule has 4 rings (SSSR count). The number of H-pyrrole nitrogens is 1. The molecule has 0 aliphatic heterocycles. The molecule has 2 N–H and O–H groups in total. The normalized spacial score (nSPS) is 10.7. The second-order valence-corrected chi connectivity index (χ2v) is 6.44. The maximum atomic E-state index is 12.7. The minimum Gasteiger partial charge on any atom is -0.378 e. The first kappa shape index (κ1) is 16.8. The molecular formula is C21H19N5O. The highest BCUT2D eigenvalue weighted by molar-refractivity contribution is 6.15. The first-order valence-electron chi connectivity index (χ1n) is 8.59. The molecule has 134 valence electrons. The van der Waals surface area contributed by atoms with Crippen molar-refractivity contribution in [3.8, 4) is 0 Å². The van der Waals surface area contributed by atoms with E-state index in [-0.39, 0.29) is 5.78 Å². The van der Waals surface area contributed by atoms with Crippen molar-refractivity contribution in [3.63, 3.8) is 0 Å². The van der Waals surface area contributed by atoms with E-state index < -0.39 is 0 Å². The predicted octanol–water partition coefficient (Wildman–Crippen LogP) is 4.00. The van der Waals surface area contributed by atoms with Crippen molar-refractivity contribution in [1.29, 1.82) is 0 Å². The molecule has 27 heavy (non-hydrogen) atoms. The van der Waals surface area contributed by atoms with E-state index in [4.69, 9.17) is 0 Å². The van der Waals surface area contributed by atoms with Crippen molar-refractivity contribution < 1.29 is 4.79 Å². The third-order valence-electron chi connectivity index (χ3n) is 4.34. The van der Waals surface area contributed by atoms with Gasteiger partial charge in [-0.2, -0.15) is 0 Å². The van der Waals surface area contributed by atoms with E-state index in [1.807, 2.05) is 49.3 Å². The van der Waals surface area contributed by atoms with Gasteiger partial charge in [0, 0.05) is 60.6 Å². The van der Waals surface area contributed by atoms with Crippen molar-refractivity contribution in [2.24, 2.45) is 0 Å². The minimum atomic E-state index is -0.0736. The molecular weight excluding hydrogens is 338 g/mol. The number of aromatic nitrogens is 3. The molecule has 0 radical (unpaired) electrons. The Balaban J connectivity index is 1.63. The Morgan fingerprint density at radius 1 is 1.11 bits per heavy atom. The number of aromatic amines is 1. The molecule has 0 spiro atoms. The molecule has 0 aliphatic carbocycles. The lowest BCUT2D eigenvalue weighted by Crippen LogP contribution is -2.08. The molecule has 0 amide bonds. The summed E-state index contributed by atoms with van der Waals surface area (Å²) in [5, 5.41) is 4.10. The van der Waals surface area contributed by atoms with Gasteiger partial charge in [-0.15, -0.1) is 0 Å². The molecule has 1 aromatic carbocycles. The summed E-state index contributed by atoms with van der Waals surface area (Å²) < 4.78 is 0. The standard InChI is InChI=1S/C21H19N5O/c1-26(2)16-7-3-6-15(11-16)24-19-9-8-17-18(13-23-21(17)25-19)20(27)14-5-4-10-22-12-14/h3-13H,1-2H3,(H2,23,24,25). The van der Waals surface area contributed by atoms with E-state index in [0.717, 1.165) is 16.8 Å². The third-order valence-corrected chi connectivity index (χ3v) is 4.34. The van der Waals surface area contributed by atoms with Crippen LogP contribution >= 0.6 is 0 Å². The Hall–Kier alpha value is -3.67. The van der Waals surface area contributed by atoms with Crippen LogP contribution in [0.1, 0.15) is 15.9 Å². The van der Waals surface area contributed by atoms with Gasteiger partial charge in [-0.3, -0.25) is 9.78 Å². The number of nitrogens with zero attached hydrogens (tertiary/aromatic N) is 3. The van der Waals surface area contributed by atoms with Crippen LogP contribution in [0.2, 0.25) is 0 Å². The fraction of sp³-hybridized carbons (Fsp3) is 0.0952. The van der Waals surface area contributed by atoms with E-state index >= 15 is 0 Å². The van der Waals surface area contributed by atoms with Crippen LogP contribution in [0.25, 0.3) is 11.0 Å². The number of fused-ring (bicyclic) bond motifs is 1. The van der Waals surface area contributed by atoms with Gasteiger partial charge in [0.1, 0.15) is 11.5 Å². The SMILES string of the molecule is CN(C)c1cccc(Nc2ccc3c(C(=O)c4cccnc4)c[nH]c3n2)c1. The second kappa shape index (κ2) is 6.92. The topological polar surface area (TPSA) is 73.9 Å². The van der Waals surface area contributed by atoms with Crippen LogP contribution in [0.4, 0.5) is 17.2 Å². The average molecular weight is 357 g/mol. The molecule has 3 heterocycles. The number of anilines is 3. The fourth-order valence-corrected chi connectivity index (χ4v) is 2.92. The third kappa shape index (κ3) is 3.37. The molecule has 6 nitrogen and oxygen atoms in total. The van der Waals surface area contributed by atoms with Crippen LogP contribution in [0, 0.1) is 0 Å². The zero-order valence-electron chi connectivity index (χ0n) is 15.1. The highest BCUT2D eigenvalue weighted by Crippen LogP contribution is 2.24. The number of hydrogen-bond donors (Lipinski definition) is 2. The molecule has 0 unspecified atom stereocenters. The van der Waals surface area contributed by atoms with E-state index in [0.29, 0.717) is 22.6 Å². The van der Waals surface area contributed by atoms with Gasteiger partial charge in [-0.05, 0) is 42.5 Å². The molecule has 0 bridgehead atoms. The Kier molecular flexibility index (Phi) is 4.30. The van der Waals surface area contributed by atoms with E-state index in [1.54, 1.807) is 30.7 Å². The van der Waals surface area contributed by atoms with Crippen molar-refractivity contribution in [2.45, 2.75) is 0 Å². The Bertz CT molecular complexity index is 1100. The first-order valence-corrected chi connectivity index (χ1v) is 8.59. The lowest BCUT2D eigenvalue weighted by atomic mass is 10.1. The molecule has 0 saturated carbocycles. The summed E-state index contributed by atoms with van der Waals surface area (Å²) in [5.74, 6) is 0.635. The molecule has 0 atom stereocenters. The molecule has 0 aliphatic rings. The minimum absolute atomic E-state index is 0.0736. The maximum absolute atomic E-state index is 12.7. The number of nitrogens with one attached hydrogen (secondary N) is 2. The Morgan fingerprint density at radius 3 is 2.78 bits per heavy atom. The van der Waals surface area contributed by atoms with Crippen molar-refractivity contribution in [3.05, 3.63) is 78.2 Å². The van der Waals surface area contributed by atoms with Crippen molar-refractivity contribution in [2.75, 3.05) is 24.3 Å². The highest BCUT2D eigenvalue weighted by Gasteiger charge is 2.15.